The van der Waals surface area contributed by atoms with Crippen LogP contribution in [0.2, 0.25) is 0 Å². The van der Waals surface area contributed by atoms with Gasteiger partial charge in [0.05, 0.1) is 4.91 Å². The number of hydrogen-bond donors (Lipinski definition) is 0. The molecule has 0 N–H and O–H groups in total. The normalized spacial score (nSPS) is 16.0. The SMILES string of the molecule is CC(C)N1C(=O)/C(=C/c2ccc(OCc3ccccc3F)cc2)SC1=S. The third kappa shape index (κ3) is 4.14. The number of benzene rings is 2. The van der Waals surface area contributed by atoms with Crippen LogP contribution in [0, 0.1) is 5.82 Å². The molecule has 0 atom stereocenters. The molecule has 1 heterocycles. The van der Waals surface area contributed by atoms with Crippen LogP contribution in [-0.2, 0) is 11.4 Å². The number of carbonyl (C=O) groups is 1. The second-order valence-corrected chi connectivity index (χ2v) is 7.77. The Balaban J connectivity index is 1.67. The lowest BCUT2D eigenvalue weighted by Gasteiger charge is -2.18. The number of hydrogen-bond acceptors (Lipinski definition) is 4. The number of thioether (sulfide) groups is 1. The predicted octanol–water partition coefficient (Wildman–Crippen LogP) is 5.01. The Morgan fingerprint density at radius 2 is 1.88 bits per heavy atom. The van der Waals surface area contributed by atoms with Crippen molar-refractivity contribution in [3.8, 4) is 5.75 Å². The number of rotatable bonds is 5. The Kier molecular flexibility index (Phi) is 5.74. The van der Waals surface area contributed by atoms with Crippen molar-refractivity contribution in [2.24, 2.45) is 0 Å². The minimum Gasteiger partial charge on any atom is -0.489 e. The monoisotopic (exact) mass is 387 g/mol. The predicted molar refractivity (Wildman–Crippen MR) is 107 cm³/mol. The van der Waals surface area contributed by atoms with Gasteiger partial charge in [0.25, 0.3) is 5.91 Å². The maximum absolute atomic E-state index is 13.6. The van der Waals surface area contributed by atoms with Gasteiger partial charge in [-0.1, -0.05) is 54.3 Å². The highest BCUT2D eigenvalue weighted by atomic mass is 32.2. The van der Waals surface area contributed by atoms with Crippen molar-refractivity contribution in [2.45, 2.75) is 26.5 Å². The molecule has 3 nitrogen and oxygen atoms in total. The molecule has 2 aromatic rings. The second-order valence-electron chi connectivity index (χ2n) is 6.09. The molecule has 1 amide bonds. The molecule has 134 valence electrons. The van der Waals surface area contributed by atoms with Crippen LogP contribution in [0.4, 0.5) is 4.39 Å². The van der Waals surface area contributed by atoms with Gasteiger partial charge in [0, 0.05) is 11.6 Å². The number of amides is 1. The topological polar surface area (TPSA) is 29.5 Å². The van der Waals surface area contributed by atoms with Crippen molar-refractivity contribution in [3.05, 3.63) is 70.4 Å². The first-order valence-corrected chi connectivity index (χ1v) is 9.41. The Morgan fingerprint density at radius 1 is 1.19 bits per heavy atom. The highest BCUT2D eigenvalue weighted by molar-refractivity contribution is 8.26. The van der Waals surface area contributed by atoms with E-state index in [4.69, 9.17) is 17.0 Å². The number of nitrogens with zero attached hydrogens (tertiary/aromatic N) is 1. The van der Waals surface area contributed by atoms with E-state index < -0.39 is 0 Å². The summed E-state index contributed by atoms with van der Waals surface area (Å²) in [5.41, 5.74) is 1.39. The van der Waals surface area contributed by atoms with Crippen LogP contribution >= 0.6 is 24.0 Å². The highest BCUT2D eigenvalue weighted by Gasteiger charge is 2.33. The smallest absolute Gasteiger partial charge is 0.266 e. The number of halogens is 1. The van der Waals surface area contributed by atoms with Crippen molar-refractivity contribution in [3.63, 3.8) is 0 Å². The molecule has 1 saturated heterocycles. The minimum absolute atomic E-state index is 0.0440. The zero-order valence-electron chi connectivity index (χ0n) is 14.4. The van der Waals surface area contributed by atoms with Gasteiger partial charge in [0.2, 0.25) is 0 Å². The molecule has 0 unspecified atom stereocenters. The minimum atomic E-state index is -0.281. The number of ether oxygens (including phenoxy) is 1. The van der Waals surface area contributed by atoms with Gasteiger partial charge in [-0.15, -0.1) is 0 Å². The van der Waals surface area contributed by atoms with Gasteiger partial charge >= 0.3 is 0 Å². The second kappa shape index (κ2) is 8.01. The summed E-state index contributed by atoms with van der Waals surface area (Å²) in [6.07, 6.45) is 1.82. The summed E-state index contributed by atoms with van der Waals surface area (Å²) in [6, 6.07) is 13.9. The summed E-state index contributed by atoms with van der Waals surface area (Å²) in [5.74, 6) is 0.298. The summed E-state index contributed by atoms with van der Waals surface area (Å²) in [7, 11) is 0. The quantitative estimate of drug-likeness (QED) is 0.533. The fraction of sp³-hybridized carbons (Fsp3) is 0.200. The van der Waals surface area contributed by atoms with E-state index in [0.29, 0.717) is 20.5 Å². The number of thiocarbonyl (C=S) groups is 1. The van der Waals surface area contributed by atoms with Crippen LogP contribution in [0.3, 0.4) is 0 Å². The fourth-order valence-electron chi connectivity index (χ4n) is 2.51. The molecule has 1 fully saturated rings. The van der Waals surface area contributed by atoms with E-state index in [0.717, 1.165) is 5.56 Å². The molecule has 0 aromatic heterocycles. The summed E-state index contributed by atoms with van der Waals surface area (Å²) < 4.78 is 19.8. The molecule has 2 aromatic carbocycles. The molecule has 26 heavy (non-hydrogen) atoms. The third-order valence-electron chi connectivity index (χ3n) is 3.87. The molecular weight excluding hydrogens is 369 g/mol. The first-order chi connectivity index (χ1) is 12.5. The Morgan fingerprint density at radius 3 is 2.50 bits per heavy atom. The van der Waals surface area contributed by atoms with E-state index in [1.54, 1.807) is 35.2 Å². The van der Waals surface area contributed by atoms with Gasteiger partial charge in [-0.3, -0.25) is 9.69 Å². The van der Waals surface area contributed by atoms with Crippen LogP contribution in [-0.4, -0.2) is 21.2 Å². The fourth-order valence-corrected chi connectivity index (χ4v) is 4.04. The summed E-state index contributed by atoms with van der Waals surface area (Å²) in [4.78, 5) is 14.6. The summed E-state index contributed by atoms with van der Waals surface area (Å²) in [5, 5.41) is 0. The van der Waals surface area contributed by atoms with E-state index in [1.807, 2.05) is 32.1 Å². The zero-order valence-corrected chi connectivity index (χ0v) is 16.1. The molecule has 0 radical (unpaired) electrons. The Hall–Kier alpha value is -2.18. The lowest BCUT2D eigenvalue weighted by Crippen LogP contribution is -2.34. The molecule has 0 bridgehead atoms. The van der Waals surface area contributed by atoms with Crippen molar-refractivity contribution < 1.29 is 13.9 Å². The standard InChI is InChI=1S/C20H18FNO2S2/c1-13(2)22-19(23)18(26-20(22)25)11-14-7-9-16(10-8-14)24-12-15-5-3-4-6-17(15)21/h3-11,13H,12H2,1-2H3/b18-11-. The van der Waals surface area contributed by atoms with Crippen molar-refractivity contribution in [2.75, 3.05) is 0 Å². The van der Waals surface area contributed by atoms with Crippen molar-refractivity contribution in [1.82, 2.24) is 4.90 Å². The Labute approximate surface area is 161 Å². The molecule has 0 spiro atoms. The van der Waals surface area contributed by atoms with Crippen LogP contribution in [0.15, 0.2) is 53.4 Å². The lowest BCUT2D eigenvalue weighted by atomic mass is 10.2. The van der Waals surface area contributed by atoms with E-state index in [2.05, 4.69) is 0 Å². The lowest BCUT2D eigenvalue weighted by molar-refractivity contribution is -0.123. The first kappa shape index (κ1) is 18.6. The van der Waals surface area contributed by atoms with Crippen molar-refractivity contribution in [1.29, 1.82) is 0 Å². The van der Waals surface area contributed by atoms with Gasteiger partial charge in [0.15, 0.2) is 0 Å². The average molecular weight is 388 g/mol. The van der Waals surface area contributed by atoms with Gasteiger partial charge in [-0.2, -0.15) is 0 Å². The number of carbonyl (C=O) groups excluding carboxylic acids is 1. The zero-order chi connectivity index (χ0) is 18.7. The van der Waals surface area contributed by atoms with Crippen LogP contribution in [0.25, 0.3) is 6.08 Å². The van der Waals surface area contributed by atoms with Crippen molar-refractivity contribution >= 4 is 40.3 Å². The first-order valence-electron chi connectivity index (χ1n) is 8.19. The largest absolute Gasteiger partial charge is 0.489 e. The molecule has 0 saturated carbocycles. The molecule has 1 aliphatic heterocycles. The molecule has 6 heteroatoms. The van der Waals surface area contributed by atoms with Gasteiger partial charge < -0.3 is 4.74 Å². The molecule has 3 rings (SSSR count). The van der Waals surface area contributed by atoms with E-state index >= 15 is 0 Å². The van der Waals surface area contributed by atoms with Gasteiger partial charge in [-0.25, -0.2) is 4.39 Å². The maximum Gasteiger partial charge on any atom is 0.266 e. The maximum atomic E-state index is 13.6. The van der Waals surface area contributed by atoms with Crippen LogP contribution < -0.4 is 4.74 Å². The molecule has 1 aliphatic rings. The van der Waals surface area contributed by atoms with Crippen LogP contribution in [0.1, 0.15) is 25.0 Å². The van der Waals surface area contributed by atoms with E-state index in [1.165, 1.54) is 17.8 Å². The van der Waals surface area contributed by atoms with E-state index in [-0.39, 0.29) is 24.4 Å². The highest BCUT2D eigenvalue weighted by Crippen LogP contribution is 2.34. The average Bonchev–Trinajstić information content (AvgIpc) is 2.89. The summed E-state index contributed by atoms with van der Waals surface area (Å²) >= 11 is 6.59. The molecule has 0 aliphatic carbocycles. The van der Waals surface area contributed by atoms with Gasteiger partial charge in [-0.05, 0) is 43.7 Å². The van der Waals surface area contributed by atoms with E-state index in [9.17, 15) is 9.18 Å². The summed E-state index contributed by atoms with van der Waals surface area (Å²) in [6.45, 7) is 4.05. The van der Waals surface area contributed by atoms with Crippen LogP contribution in [0.5, 0.6) is 5.75 Å². The Bertz CT molecular complexity index is 862. The molecular formula is C20H18FNO2S2. The van der Waals surface area contributed by atoms with Gasteiger partial charge in [0.1, 0.15) is 22.5 Å². The third-order valence-corrected chi connectivity index (χ3v) is 5.20.